The van der Waals surface area contributed by atoms with Gasteiger partial charge < -0.3 is 15.4 Å². The molecule has 1 aliphatic carbocycles. The number of nitrogens with one attached hydrogen (secondary N) is 2. The normalized spacial score (nSPS) is 19.6. The van der Waals surface area contributed by atoms with Crippen LogP contribution in [0.3, 0.4) is 0 Å². The molecule has 0 bridgehead atoms. The molecule has 1 saturated heterocycles. The van der Waals surface area contributed by atoms with Gasteiger partial charge in [-0.1, -0.05) is 53.0 Å². The second-order valence-corrected chi connectivity index (χ2v) is 11.0. The number of halogens is 7. The molecule has 0 radical (unpaired) electrons. The highest BCUT2D eigenvalue weighted by Crippen LogP contribution is 2.41. The fourth-order valence-electron chi connectivity index (χ4n) is 3.98. The van der Waals surface area contributed by atoms with Gasteiger partial charge in [0.05, 0.1) is 39.2 Å². The summed E-state index contributed by atoms with van der Waals surface area (Å²) < 4.78 is 47.1. The van der Waals surface area contributed by atoms with E-state index in [4.69, 9.17) is 39.5 Å². The van der Waals surface area contributed by atoms with Crippen LogP contribution in [0.5, 0.6) is 0 Å². The topological polar surface area (TPSA) is 67.4 Å². The molecule has 12 heteroatoms. The minimum absolute atomic E-state index is 0.0206. The van der Waals surface area contributed by atoms with E-state index < -0.39 is 23.5 Å². The Labute approximate surface area is 234 Å². The molecule has 2 aliphatic rings. The van der Waals surface area contributed by atoms with Crippen LogP contribution in [0.2, 0.25) is 15.1 Å². The molecule has 2 unspecified atom stereocenters. The van der Waals surface area contributed by atoms with Crippen LogP contribution < -0.4 is 10.6 Å². The molecule has 1 saturated carbocycles. The molecule has 2 atom stereocenters. The maximum Gasteiger partial charge on any atom is 0.399 e. The Morgan fingerprint density at radius 3 is 2.35 bits per heavy atom. The third-order valence-electron chi connectivity index (χ3n) is 6.24. The van der Waals surface area contributed by atoms with Gasteiger partial charge in [0, 0.05) is 11.1 Å². The van der Waals surface area contributed by atoms with Crippen LogP contribution in [-0.4, -0.2) is 42.8 Å². The van der Waals surface area contributed by atoms with Gasteiger partial charge in [0.25, 0.3) is 5.91 Å². The van der Waals surface area contributed by atoms with Crippen LogP contribution in [0.25, 0.3) is 6.08 Å². The average molecular weight is 641 g/mol. The molecule has 2 aromatic rings. The summed E-state index contributed by atoms with van der Waals surface area (Å²) in [5.41, 5.74) is -0.443. The molecular formula is C25H21BrCl3F3N2O3. The van der Waals surface area contributed by atoms with Gasteiger partial charge in [0.15, 0.2) is 0 Å². The summed E-state index contributed by atoms with van der Waals surface area (Å²) in [7, 11) is 0. The molecule has 1 heterocycles. The van der Waals surface area contributed by atoms with Crippen molar-refractivity contribution in [3.05, 3.63) is 72.6 Å². The van der Waals surface area contributed by atoms with Crippen molar-refractivity contribution in [2.75, 3.05) is 13.2 Å². The molecule has 198 valence electrons. The lowest BCUT2D eigenvalue weighted by atomic mass is 9.97. The third-order valence-corrected chi connectivity index (χ3v) is 8.09. The standard InChI is InChI=1S/C25H21BrCl3F3N2O3/c26-18-9-13(2-4-17(25(30,31)32)14-10-19(27)21(29)20(28)11-14)1-3-16(18)22(35)34-24(6-7-24)23(36)33-15-5-8-37-12-15/h1-4,9-11,15,17H,5-8,12H2,(H,33,36)(H,34,35). The van der Waals surface area contributed by atoms with E-state index in [1.807, 2.05) is 0 Å². The minimum atomic E-state index is -4.61. The molecule has 1 aliphatic heterocycles. The van der Waals surface area contributed by atoms with Crippen LogP contribution in [0.4, 0.5) is 13.2 Å². The molecule has 4 rings (SSSR count). The number of carbonyl (C=O) groups excluding carboxylic acids is 2. The van der Waals surface area contributed by atoms with Gasteiger partial charge in [0.1, 0.15) is 5.54 Å². The summed E-state index contributed by atoms with van der Waals surface area (Å²) in [6.45, 7) is 1.03. The molecular weight excluding hydrogens is 620 g/mol. The van der Waals surface area contributed by atoms with Gasteiger partial charge in [-0.15, -0.1) is 0 Å². The van der Waals surface area contributed by atoms with Crippen molar-refractivity contribution < 1.29 is 27.5 Å². The summed E-state index contributed by atoms with van der Waals surface area (Å²) in [5, 5.41) is 5.53. The second kappa shape index (κ2) is 11.1. The van der Waals surface area contributed by atoms with Crippen LogP contribution in [-0.2, 0) is 9.53 Å². The molecule has 5 nitrogen and oxygen atoms in total. The number of rotatable bonds is 7. The fourth-order valence-corrected chi connectivity index (χ4v) is 5.17. The second-order valence-electron chi connectivity index (χ2n) is 8.99. The lowest BCUT2D eigenvalue weighted by Gasteiger charge is -2.20. The zero-order valence-corrected chi connectivity index (χ0v) is 23.0. The van der Waals surface area contributed by atoms with Crippen molar-refractivity contribution >= 4 is 68.6 Å². The van der Waals surface area contributed by atoms with Crippen molar-refractivity contribution in [2.24, 2.45) is 0 Å². The van der Waals surface area contributed by atoms with Crippen molar-refractivity contribution in [3.8, 4) is 0 Å². The monoisotopic (exact) mass is 638 g/mol. The van der Waals surface area contributed by atoms with Gasteiger partial charge >= 0.3 is 6.18 Å². The summed E-state index contributed by atoms with van der Waals surface area (Å²) in [6.07, 6.45) is -0.572. The van der Waals surface area contributed by atoms with Gasteiger partial charge in [-0.05, 0) is 70.6 Å². The lowest BCUT2D eigenvalue weighted by Crippen LogP contribution is -2.51. The Kier molecular flexibility index (Phi) is 8.50. The van der Waals surface area contributed by atoms with E-state index in [0.717, 1.165) is 24.6 Å². The van der Waals surface area contributed by atoms with Gasteiger partial charge in [-0.25, -0.2) is 0 Å². The average Bonchev–Trinajstić information content (AvgIpc) is 3.41. The number of ether oxygens (including phenoxy) is 1. The number of carbonyl (C=O) groups is 2. The maximum atomic E-state index is 13.8. The largest absolute Gasteiger partial charge is 0.399 e. The van der Waals surface area contributed by atoms with Gasteiger partial charge in [-0.3, -0.25) is 9.59 Å². The van der Waals surface area contributed by atoms with Crippen LogP contribution in [0.15, 0.2) is 40.9 Å². The molecule has 0 aromatic heterocycles. The predicted octanol–water partition coefficient (Wildman–Crippen LogP) is 6.94. The Balaban J connectivity index is 1.48. The van der Waals surface area contributed by atoms with Gasteiger partial charge in [0.2, 0.25) is 5.91 Å². The first-order valence-electron chi connectivity index (χ1n) is 11.3. The number of benzene rings is 2. The molecule has 2 N–H and O–H groups in total. The maximum absolute atomic E-state index is 13.8. The van der Waals surface area contributed by atoms with Crippen LogP contribution >= 0.6 is 50.7 Å². The number of alkyl halides is 3. The van der Waals surface area contributed by atoms with E-state index >= 15 is 0 Å². The van der Waals surface area contributed by atoms with Crippen LogP contribution in [0, 0.1) is 0 Å². The zero-order chi connectivity index (χ0) is 27.0. The van der Waals surface area contributed by atoms with Crippen molar-refractivity contribution in [1.82, 2.24) is 10.6 Å². The number of allylic oxidation sites excluding steroid dienone is 1. The lowest BCUT2D eigenvalue weighted by molar-refractivity contribution is -0.139. The molecule has 2 fully saturated rings. The van der Waals surface area contributed by atoms with Crippen molar-refractivity contribution in [2.45, 2.75) is 42.9 Å². The minimum Gasteiger partial charge on any atom is -0.379 e. The highest BCUT2D eigenvalue weighted by molar-refractivity contribution is 9.10. The van der Waals surface area contributed by atoms with E-state index in [9.17, 15) is 22.8 Å². The van der Waals surface area contributed by atoms with E-state index in [-0.39, 0.29) is 38.1 Å². The molecule has 2 aromatic carbocycles. The highest BCUT2D eigenvalue weighted by Gasteiger charge is 2.52. The first-order chi connectivity index (χ1) is 17.4. The summed E-state index contributed by atoms with van der Waals surface area (Å²) >= 11 is 21.0. The molecule has 0 spiro atoms. The van der Waals surface area contributed by atoms with Gasteiger partial charge in [-0.2, -0.15) is 13.2 Å². The van der Waals surface area contributed by atoms with Crippen LogP contribution in [0.1, 0.15) is 46.7 Å². The van der Waals surface area contributed by atoms with E-state index in [2.05, 4.69) is 26.6 Å². The fraction of sp³-hybridized carbons (Fsp3) is 0.360. The zero-order valence-electron chi connectivity index (χ0n) is 19.1. The number of hydrogen-bond acceptors (Lipinski definition) is 3. The van der Waals surface area contributed by atoms with Crippen molar-refractivity contribution in [3.63, 3.8) is 0 Å². The van der Waals surface area contributed by atoms with E-state index in [1.54, 1.807) is 0 Å². The van der Waals surface area contributed by atoms with E-state index in [0.29, 0.717) is 36.1 Å². The quantitative estimate of drug-likeness (QED) is 0.323. The number of amides is 2. The van der Waals surface area contributed by atoms with E-state index in [1.165, 1.54) is 24.3 Å². The summed E-state index contributed by atoms with van der Waals surface area (Å²) in [5.74, 6) is -2.69. The Morgan fingerprint density at radius 2 is 1.81 bits per heavy atom. The Bertz CT molecular complexity index is 1220. The Hall–Kier alpha value is -1.78. The number of hydrogen-bond donors (Lipinski definition) is 2. The highest BCUT2D eigenvalue weighted by atomic mass is 79.9. The summed E-state index contributed by atoms with van der Waals surface area (Å²) in [6, 6.07) is 6.71. The predicted molar refractivity (Wildman–Crippen MR) is 140 cm³/mol. The summed E-state index contributed by atoms with van der Waals surface area (Å²) in [4.78, 5) is 25.6. The Morgan fingerprint density at radius 1 is 1.14 bits per heavy atom. The molecule has 37 heavy (non-hydrogen) atoms. The first kappa shape index (κ1) is 28.2. The molecule has 2 amide bonds. The first-order valence-corrected chi connectivity index (χ1v) is 13.2. The smallest absolute Gasteiger partial charge is 0.379 e. The van der Waals surface area contributed by atoms with Crippen molar-refractivity contribution in [1.29, 1.82) is 0 Å². The third kappa shape index (κ3) is 6.63. The SMILES string of the molecule is O=C(NC1(C(=O)NC2CCOC2)CC1)c1ccc(C=CC(c2cc(Cl)c(Cl)c(Cl)c2)C(F)(F)F)cc1Br.